The summed E-state index contributed by atoms with van der Waals surface area (Å²) in [6.45, 7) is 0. The van der Waals surface area contributed by atoms with E-state index in [1.165, 1.54) is 0 Å². The van der Waals surface area contributed by atoms with Gasteiger partial charge in [0.05, 0.1) is 5.92 Å². The summed E-state index contributed by atoms with van der Waals surface area (Å²) in [5.74, 6) is -3.27. The number of aliphatic carboxylic acids is 2. The fraction of sp³-hybridized carbons (Fsp3) is 0.600. The number of nitrogens with two attached hydrogens (primary N) is 1. The Morgan fingerprint density at radius 3 is 2.10 bits per heavy atom. The van der Waals surface area contributed by atoms with E-state index in [4.69, 9.17) is 15.9 Å². The van der Waals surface area contributed by atoms with Crippen LogP contribution in [-0.4, -0.2) is 27.7 Å². The van der Waals surface area contributed by atoms with Gasteiger partial charge in [-0.25, -0.2) is 0 Å². The number of carbonyl (C=O) groups is 2. The van der Waals surface area contributed by atoms with Gasteiger partial charge in [-0.1, -0.05) is 0 Å². The lowest BCUT2D eigenvalue weighted by Gasteiger charge is -1.99. The summed E-state index contributed by atoms with van der Waals surface area (Å²) in [4.78, 5) is 20.3. The summed E-state index contributed by atoms with van der Waals surface area (Å²) in [7, 11) is 0. The van der Waals surface area contributed by atoms with Crippen LogP contribution in [0, 0.1) is 5.92 Å². The molecular formula is C5H7NO4. The van der Waals surface area contributed by atoms with Crippen LogP contribution in [0.25, 0.3) is 0 Å². The maximum absolute atomic E-state index is 10.2. The van der Waals surface area contributed by atoms with Crippen LogP contribution in [0.15, 0.2) is 0 Å². The van der Waals surface area contributed by atoms with Crippen molar-refractivity contribution in [1.82, 2.24) is 0 Å². The van der Waals surface area contributed by atoms with Crippen LogP contribution in [0.5, 0.6) is 0 Å². The highest BCUT2D eigenvalue weighted by atomic mass is 16.4. The number of hydrogen-bond acceptors (Lipinski definition) is 3. The monoisotopic (exact) mass is 145 g/mol. The Morgan fingerprint density at radius 1 is 1.50 bits per heavy atom. The predicted molar refractivity (Wildman–Crippen MR) is 30.3 cm³/mol. The molecule has 1 saturated carbocycles. The van der Waals surface area contributed by atoms with E-state index in [2.05, 4.69) is 0 Å². The van der Waals surface area contributed by atoms with Crippen molar-refractivity contribution in [3.8, 4) is 0 Å². The van der Waals surface area contributed by atoms with E-state index < -0.39 is 23.4 Å². The van der Waals surface area contributed by atoms with Gasteiger partial charge in [0.1, 0.15) is 5.54 Å². The van der Waals surface area contributed by atoms with Crippen molar-refractivity contribution < 1.29 is 19.8 Å². The second-order valence-corrected chi connectivity index (χ2v) is 2.44. The lowest BCUT2D eigenvalue weighted by atomic mass is 10.2. The molecule has 10 heavy (non-hydrogen) atoms. The van der Waals surface area contributed by atoms with Crippen molar-refractivity contribution in [1.29, 1.82) is 0 Å². The zero-order chi connectivity index (χ0) is 7.94. The SMILES string of the molecule is N[C@]1(C(=O)O)C[C@H]1C(=O)O. The van der Waals surface area contributed by atoms with E-state index in [1.807, 2.05) is 0 Å². The smallest absolute Gasteiger partial charge is 0.324 e. The lowest BCUT2D eigenvalue weighted by molar-refractivity contribution is -0.145. The second kappa shape index (κ2) is 1.69. The van der Waals surface area contributed by atoms with Crippen molar-refractivity contribution in [2.45, 2.75) is 12.0 Å². The third-order valence-corrected chi connectivity index (χ3v) is 1.70. The molecule has 0 aromatic carbocycles. The summed E-state index contributed by atoms with van der Waals surface area (Å²) < 4.78 is 0. The Labute approximate surface area is 56.4 Å². The molecule has 0 aromatic heterocycles. The van der Waals surface area contributed by atoms with Crippen LogP contribution in [0.3, 0.4) is 0 Å². The van der Waals surface area contributed by atoms with E-state index >= 15 is 0 Å². The van der Waals surface area contributed by atoms with Gasteiger partial charge in [0.25, 0.3) is 0 Å². The molecule has 0 saturated heterocycles. The highest BCUT2D eigenvalue weighted by Crippen LogP contribution is 2.41. The van der Waals surface area contributed by atoms with Crippen LogP contribution >= 0.6 is 0 Å². The summed E-state index contributed by atoms with van der Waals surface area (Å²) in [5, 5.41) is 16.6. The van der Waals surface area contributed by atoms with Crippen molar-refractivity contribution in [2.75, 3.05) is 0 Å². The van der Waals surface area contributed by atoms with Gasteiger partial charge in [-0.3, -0.25) is 9.59 Å². The van der Waals surface area contributed by atoms with E-state index in [9.17, 15) is 9.59 Å². The summed E-state index contributed by atoms with van der Waals surface area (Å²) in [6, 6.07) is 0. The molecule has 0 spiro atoms. The van der Waals surface area contributed by atoms with Crippen molar-refractivity contribution >= 4 is 11.9 Å². The number of carboxylic acid groups (broad SMARTS) is 2. The average Bonchev–Trinajstić information content (AvgIpc) is 2.43. The fourth-order valence-corrected chi connectivity index (χ4v) is 0.823. The van der Waals surface area contributed by atoms with Crippen LogP contribution in [0.1, 0.15) is 6.42 Å². The molecule has 4 N–H and O–H groups in total. The van der Waals surface area contributed by atoms with Crippen LogP contribution < -0.4 is 5.73 Å². The number of carboxylic acids is 2. The molecule has 0 amide bonds. The Bertz CT molecular complexity index is 202. The van der Waals surface area contributed by atoms with Crippen LogP contribution in [0.4, 0.5) is 0 Å². The Balaban J connectivity index is 2.65. The first-order valence-corrected chi connectivity index (χ1v) is 2.73. The van der Waals surface area contributed by atoms with Crippen LogP contribution in [-0.2, 0) is 9.59 Å². The van der Waals surface area contributed by atoms with Gasteiger partial charge < -0.3 is 15.9 Å². The third kappa shape index (κ3) is 0.750. The Hall–Kier alpha value is -1.10. The average molecular weight is 145 g/mol. The molecule has 0 bridgehead atoms. The molecule has 0 aromatic rings. The molecule has 5 heteroatoms. The van der Waals surface area contributed by atoms with E-state index in [-0.39, 0.29) is 6.42 Å². The van der Waals surface area contributed by atoms with Crippen molar-refractivity contribution in [3.05, 3.63) is 0 Å². The van der Waals surface area contributed by atoms with Crippen molar-refractivity contribution in [2.24, 2.45) is 11.7 Å². The molecular weight excluding hydrogens is 138 g/mol. The summed E-state index contributed by atoms with van der Waals surface area (Å²) >= 11 is 0. The van der Waals surface area contributed by atoms with Gasteiger partial charge >= 0.3 is 11.9 Å². The number of hydrogen-bond donors (Lipinski definition) is 3. The molecule has 1 rings (SSSR count). The molecule has 0 heterocycles. The molecule has 0 aliphatic heterocycles. The first-order valence-electron chi connectivity index (χ1n) is 2.73. The van der Waals surface area contributed by atoms with E-state index in [0.29, 0.717) is 0 Å². The van der Waals surface area contributed by atoms with Gasteiger partial charge in [-0.15, -0.1) is 0 Å². The van der Waals surface area contributed by atoms with E-state index in [1.54, 1.807) is 0 Å². The first-order chi connectivity index (χ1) is 4.48. The van der Waals surface area contributed by atoms with Crippen LogP contribution in [0.2, 0.25) is 0 Å². The molecule has 5 nitrogen and oxygen atoms in total. The highest BCUT2D eigenvalue weighted by Gasteiger charge is 2.62. The lowest BCUT2D eigenvalue weighted by Crippen LogP contribution is -2.36. The molecule has 56 valence electrons. The third-order valence-electron chi connectivity index (χ3n) is 1.70. The van der Waals surface area contributed by atoms with Gasteiger partial charge in [-0.2, -0.15) is 0 Å². The highest BCUT2D eigenvalue weighted by molar-refractivity contribution is 5.92. The van der Waals surface area contributed by atoms with Gasteiger partial charge in [0, 0.05) is 0 Å². The van der Waals surface area contributed by atoms with Gasteiger partial charge in [0.2, 0.25) is 0 Å². The minimum atomic E-state index is -1.49. The fourth-order valence-electron chi connectivity index (χ4n) is 0.823. The molecule has 1 aliphatic rings. The van der Waals surface area contributed by atoms with Gasteiger partial charge in [-0.05, 0) is 6.42 Å². The summed E-state index contributed by atoms with van der Waals surface area (Å²) in [6.07, 6.45) is 0.0394. The topological polar surface area (TPSA) is 101 Å². The summed E-state index contributed by atoms with van der Waals surface area (Å²) in [5.41, 5.74) is 3.66. The normalized spacial score (nSPS) is 37.1. The second-order valence-electron chi connectivity index (χ2n) is 2.44. The standard InChI is InChI=1S/C5H7NO4/c6-5(4(9)10)1-2(5)3(7)8/h2H,1,6H2,(H,7,8)(H,9,10)/t2-,5+/m0/s1. The van der Waals surface area contributed by atoms with Gasteiger partial charge in [0.15, 0.2) is 0 Å². The first kappa shape index (κ1) is 7.01. The Kier molecular flexibility index (Phi) is 1.19. The maximum Gasteiger partial charge on any atom is 0.324 e. The Morgan fingerprint density at radius 2 is 2.00 bits per heavy atom. The predicted octanol–water partition coefficient (Wildman–Crippen LogP) is -1.13. The minimum Gasteiger partial charge on any atom is -0.481 e. The zero-order valence-corrected chi connectivity index (χ0v) is 5.07. The zero-order valence-electron chi connectivity index (χ0n) is 5.07. The number of rotatable bonds is 2. The molecule has 1 fully saturated rings. The molecule has 2 atom stereocenters. The molecule has 0 radical (unpaired) electrons. The van der Waals surface area contributed by atoms with Crippen molar-refractivity contribution in [3.63, 3.8) is 0 Å². The molecule has 0 unspecified atom stereocenters. The van der Waals surface area contributed by atoms with E-state index in [0.717, 1.165) is 0 Å². The molecule has 1 aliphatic carbocycles. The quantitative estimate of drug-likeness (QED) is 0.456. The maximum atomic E-state index is 10.2. The minimum absolute atomic E-state index is 0.0394. The largest absolute Gasteiger partial charge is 0.481 e.